The maximum absolute atomic E-state index is 13.4. The number of nitrogens with zero attached hydrogens (tertiary/aromatic N) is 3. The zero-order chi connectivity index (χ0) is 27.1. The summed E-state index contributed by atoms with van der Waals surface area (Å²) in [6.07, 6.45) is 8.81. The fraction of sp³-hybridized carbons (Fsp3) is 0.567. The highest BCUT2D eigenvalue weighted by molar-refractivity contribution is 5.93. The average Bonchev–Trinajstić information content (AvgIpc) is 2.97. The molecule has 2 amide bonds. The lowest BCUT2D eigenvalue weighted by Crippen LogP contribution is -2.47. The minimum atomic E-state index is -0.295. The first-order valence-corrected chi connectivity index (χ1v) is 13.9. The van der Waals surface area contributed by atoms with Crippen molar-refractivity contribution in [2.45, 2.75) is 71.1 Å². The number of ether oxygens (including phenoxy) is 1. The summed E-state index contributed by atoms with van der Waals surface area (Å²) in [5.74, 6) is 0.754. The number of benzene rings is 1. The van der Waals surface area contributed by atoms with E-state index in [9.17, 15) is 14.7 Å². The molecule has 1 aromatic heterocycles. The molecule has 2 heterocycles. The topological polar surface area (TPSA) is 95.0 Å². The van der Waals surface area contributed by atoms with Crippen LogP contribution in [0, 0.1) is 11.8 Å². The van der Waals surface area contributed by atoms with E-state index >= 15 is 0 Å². The lowest BCUT2D eigenvalue weighted by molar-refractivity contribution is -0.134. The number of nitrogens with one attached hydrogen (secondary N) is 1. The summed E-state index contributed by atoms with van der Waals surface area (Å²) in [5, 5.41) is 13.0. The summed E-state index contributed by atoms with van der Waals surface area (Å²) in [6, 6.07) is 9.35. The number of rotatable bonds is 8. The van der Waals surface area contributed by atoms with Gasteiger partial charge in [0.25, 0.3) is 0 Å². The number of aliphatic hydroxyl groups excluding tert-OH is 1. The van der Waals surface area contributed by atoms with Crippen molar-refractivity contribution in [3.05, 3.63) is 53.9 Å². The molecule has 0 saturated heterocycles. The van der Waals surface area contributed by atoms with Crippen molar-refractivity contribution in [2.24, 2.45) is 11.8 Å². The van der Waals surface area contributed by atoms with Crippen LogP contribution in [0.4, 0.5) is 5.69 Å². The van der Waals surface area contributed by atoms with E-state index in [0.29, 0.717) is 24.5 Å². The Bertz CT molecular complexity index is 1070. The van der Waals surface area contributed by atoms with E-state index < -0.39 is 0 Å². The summed E-state index contributed by atoms with van der Waals surface area (Å²) < 4.78 is 6.62. The largest absolute Gasteiger partial charge is 0.488 e. The number of carbonyl (C=O) groups excluding carboxylic acids is 2. The van der Waals surface area contributed by atoms with Gasteiger partial charge in [0.2, 0.25) is 11.8 Å². The van der Waals surface area contributed by atoms with Crippen LogP contribution >= 0.6 is 0 Å². The van der Waals surface area contributed by atoms with E-state index in [-0.39, 0.29) is 48.8 Å². The number of carbonyl (C=O) groups is 2. The van der Waals surface area contributed by atoms with Crippen molar-refractivity contribution >= 4 is 17.5 Å². The molecule has 1 aromatic carbocycles. The Morgan fingerprint density at radius 1 is 1.21 bits per heavy atom. The molecule has 0 bridgehead atoms. The number of hydrogen-bond donors (Lipinski definition) is 2. The number of pyridine rings is 1. The van der Waals surface area contributed by atoms with Crippen LogP contribution in [0.25, 0.3) is 0 Å². The van der Waals surface area contributed by atoms with Crippen LogP contribution in [0.1, 0.15) is 57.1 Å². The van der Waals surface area contributed by atoms with Crippen molar-refractivity contribution in [1.82, 2.24) is 14.8 Å². The molecular formula is C30H42N4O4. The zero-order valence-corrected chi connectivity index (χ0v) is 22.9. The van der Waals surface area contributed by atoms with E-state index in [1.807, 2.05) is 37.3 Å². The minimum Gasteiger partial charge on any atom is -0.488 e. The van der Waals surface area contributed by atoms with Gasteiger partial charge in [0.15, 0.2) is 0 Å². The van der Waals surface area contributed by atoms with Crippen LogP contribution in [0.5, 0.6) is 5.75 Å². The predicted molar refractivity (Wildman–Crippen MR) is 148 cm³/mol. The molecule has 1 fully saturated rings. The lowest BCUT2D eigenvalue weighted by atomic mass is 9.88. The fourth-order valence-corrected chi connectivity index (χ4v) is 5.51. The Hall–Kier alpha value is -2.97. The normalized spacial score (nSPS) is 21.6. The zero-order valence-electron chi connectivity index (χ0n) is 22.9. The second-order valence-electron chi connectivity index (χ2n) is 11.1. The second-order valence-corrected chi connectivity index (χ2v) is 11.1. The number of hydrogen-bond acceptors (Lipinski definition) is 6. The van der Waals surface area contributed by atoms with E-state index in [1.165, 1.54) is 12.0 Å². The maximum atomic E-state index is 13.4. The monoisotopic (exact) mass is 522 g/mol. The van der Waals surface area contributed by atoms with Gasteiger partial charge in [-0.1, -0.05) is 26.2 Å². The molecule has 2 aliphatic rings. The highest BCUT2D eigenvalue weighted by Crippen LogP contribution is 2.30. The molecule has 0 radical (unpaired) electrons. The molecule has 8 heteroatoms. The Morgan fingerprint density at radius 2 is 1.95 bits per heavy atom. The van der Waals surface area contributed by atoms with Crippen molar-refractivity contribution in [3.8, 4) is 5.75 Å². The summed E-state index contributed by atoms with van der Waals surface area (Å²) in [5.41, 5.74) is 2.61. The summed E-state index contributed by atoms with van der Waals surface area (Å²) in [7, 11) is 2.06. The van der Waals surface area contributed by atoms with Crippen LogP contribution in [0.15, 0.2) is 42.7 Å². The van der Waals surface area contributed by atoms with Crippen LogP contribution in [0.2, 0.25) is 0 Å². The fourth-order valence-electron chi connectivity index (χ4n) is 5.51. The smallest absolute Gasteiger partial charge is 0.227 e. The van der Waals surface area contributed by atoms with E-state index in [0.717, 1.165) is 37.8 Å². The van der Waals surface area contributed by atoms with Gasteiger partial charge >= 0.3 is 0 Å². The number of likely N-dealkylation sites (N-methyl/N-ethyl adjacent to an activating group) is 1. The first-order valence-electron chi connectivity index (χ1n) is 13.9. The molecule has 2 N–H and O–H groups in total. The Labute approximate surface area is 226 Å². The number of aliphatic hydroxyl groups is 1. The van der Waals surface area contributed by atoms with Gasteiger partial charge in [-0.3, -0.25) is 19.5 Å². The van der Waals surface area contributed by atoms with E-state index in [4.69, 9.17) is 4.74 Å². The molecule has 4 rings (SSSR count). The molecule has 1 saturated carbocycles. The van der Waals surface area contributed by atoms with Gasteiger partial charge in [0, 0.05) is 55.1 Å². The highest BCUT2D eigenvalue weighted by Gasteiger charge is 2.31. The maximum Gasteiger partial charge on any atom is 0.227 e. The van der Waals surface area contributed by atoms with Gasteiger partial charge in [-0.2, -0.15) is 0 Å². The molecule has 206 valence electrons. The third-order valence-corrected chi connectivity index (χ3v) is 7.85. The van der Waals surface area contributed by atoms with Crippen LogP contribution < -0.4 is 10.1 Å². The van der Waals surface area contributed by atoms with Gasteiger partial charge in [0.05, 0.1) is 19.1 Å². The average molecular weight is 523 g/mol. The van der Waals surface area contributed by atoms with Crippen LogP contribution in [-0.4, -0.2) is 70.6 Å². The molecule has 0 unspecified atom stereocenters. The Balaban J connectivity index is 1.57. The lowest BCUT2D eigenvalue weighted by Gasteiger charge is -2.34. The summed E-state index contributed by atoms with van der Waals surface area (Å²) in [4.78, 5) is 34.4. The molecule has 8 nitrogen and oxygen atoms in total. The van der Waals surface area contributed by atoms with Crippen LogP contribution in [0.3, 0.4) is 0 Å². The standard InChI is InChI=1S/C30H42N4O4/c1-21-17-34(22(2)20-35)29(36)16-25-15-26(32-30(37)24-7-5-4-6-8-24)9-10-27(25)38-28(21)19-33(3)18-23-11-13-31-14-12-23/h9-15,21-22,24,28,35H,4-8,16-20H2,1-3H3,(H,32,37)/t21-,22+,28+/m0/s1. The SMILES string of the molecule is C[C@H](CO)N1C[C@H](C)[C@@H](CN(C)Cc2ccncc2)Oc2ccc(NC(=O)C3CCCCC3)cc2CC1=O. The Morgan fingerprint density at radius 3 is 2.66 bits per heavy atom. The third-order valence-electron chi connectivity index (χ3n) is 7.85. The quantitative estimate of drug-likeness (QED) is 0.546. The minimum absolute atomic E-state index is 0.0319. The van der Waals surface area contributed by atoms with Gasteiger partial charge in [-0.05, 0) is 62.7 Å². The second kappa shape index (κ2) is 13.2. The molecule has 3 atom stereocenters. The molecule has 2 aromatic rings. The summed E-state index contributed by atoms with van der Waals surface area (Å²) in [6.45, 7) is 5.78. The van der Waals surface area contributed by atoms with Crippen molar-refractivity contribution in [1.29, 1.82) is 0 Å². The first-order chi connectivity index (χ1) is 18.3. The third kappa shape index (κ3) is 7.32. The number of aromatic nitrogens is 1. The van der Waals surface area contributed by atoms with Gasteiger partial charge < -0.3 is 20.1 Å². The molecule has 1 aliphatic heterocycles. The van der Waals surface area contributed by atoms with Gasteiger partial charge in [-0.15, -0.1) is 0 Å². The molecular weight excluding hydrogens is 480 g/mol. The first kappa shape index (κ1) is 28.0. The van der Waals surface area contributed by atoms with Gasteiger partial charge in [0.1, 0.15) is 11.9 Å². The van der Waals surface area contributed by atoms with Gasteiger partial charge in [-0.25, -0.2) is 0 Å². The predicted octanol–water partition coefficient (Wildman–Crippen LogP) is 3.88. The molecule has 1 aliphatic carbocycles. The highest BCUT2D eigenvalue weighted by atomic mass is 16.5. The van der Waals surface area contributed by atoms with Crippen LogP contribution in [-0.2, 0) is 22.6 Å². The van der Waals surface area contributed by atoms with E-state index in [2.05, 4.69) is 29.2 Å². The molecule has 38 heavy (non-hydrogen) atoms. The van der Waals surface area contributed by atoms with Crippen molar-refractivity contribution < 1.29 is 19.4 Å². The van der Waals surface area contributed by atoms with E-state index in [1.54, 1.807) is 17.3 Å². The molecule has 0 spiro atoms. The Kier molecular flexibility index (Phi) is 9.74. The summed E-state index contributed by atoms with van der Waals surface area (Å²) >= 11 is 0. The number of amides is 2. The van der Waals surface area contributed by atoms with Crippen molar-refractivity contribution in [3.63, 3.8) is 0 Å². The number of anilines is 1. The number of fused-ring (bicyclic) bond motifs is 1. The van der Waals surface area contributed by atoms with Crippen molar-refractivity contribution in [2.75, 3.05) is 32.1 Å².